The van der Waals surface area contributed by atoms with Crippen LogP contribution in [0.4, 0.5) is 0 Å². The fourth-order valence-corrected chi connectivity index (χ4v) is 3.35. The summed E-state index contributed by atoms with van der Waals surface area (Å²) in [5.41, 5.74) is 1.92. The molecule has 0 atom stereocenters. The number of oxime groups is 1. The number of aromatic nitrogens is 1. The van der Waals surface area contributed by atoms with Gasteiger partial charge in [-0.25, -0.2) is 4.98 Å². The van der Waals surface area contributed by atoms with Gasteiger partial charge >= 0.3 is 0 Å². The van der Waals surface area contributed by atoms with Gasteiger partial charge in [0.1, 0.15) is 5.75 Å². The normalized spacial score (nSPS) is 15.8. The van der Waals surface area contributed by atoms with Crippen LogP contribution in [0.3, 0.4) is 0 Å². The van der Waals surface area contributed by atoms with Crippen molar-refractivity contribution >= 4 is 5.84 Å². The first-order valence-electron chi connectivity index (χ1n) is 8.83. The number of ether oxygens (including phenoxy) is 1. The standard InChI is InChI=1S/C20H25N3O2/c1-15-7-6-10-18(13-15)25-19-12-11-16(14-21-19)20(22-24)23(2)17-8-4-3-5-9-17/h6-7,10-14,17,24H,3-5,8-9H2,1-2H3/b22-20-. The average Bonchev–Trinajstić information content (AvgIpc) is 2.64. The van der Waals surface area contributed by atoms with Crippen molar-refractivity contribution in [2.24, 2.45) is 5.16 Å². The lowest BCUT2D eigenvalue weighted by molar-refractivity contribution is 0.256. The minimum Gasteiger partial charge on any atom is -0.439 e. The number of aryl methyl sites for hydroxylation is 1. The van der Waals surface area contributed by atoms with Gasteiger partial charge in [-0.1, -0.05) is 36.6 Å². The summed E-state index contributed by atoms with van der Waals surface area (Å²) in [6.45, 7) is 2.02. The van der Waals surface area contributed by atoms with Crippen LogP contribution in [0.25, 0.3) is 0 Å². The van der Waals surface area contributed by atoms with E-state index in [4.69, 9.17) is 4.74 Å². The van der Waals surface area contributed by atoms with Gasteiger partial charge in [0.15, 0.2) is 5.84 Å². The molecular weight excluding hydrogens is 314 g/mol. The molecule has 1 aromatic heterocycles. The quantitative estimate of drug-likeness (QED) is 0.383. The van der Waals surface area contributed by atoms with E-state index in [2.05, 4.69) is 15.0 Å². The Morgan fingerprint density at radius 2 is 2.00 bits per heavy atom. The minimum absolute atomic E-state index is 0.419. The zero-order valence-corrected chi connectivity index (χ0v) is 14.9. The molecule has 1 heterocycles. The zero-order chi connectivity index (χ0) is 17.6. The molecule has 0 aliphatic heterocycles. The number of rotatable bonds is 4. The summed E-state index contributed by atoms with van der Waals surface area (Å²) >= 11 is 0. The van der Waals surface area contributed by atoms with Crippen molar-refractivity contribution in [3.63, 3.8) is 0 Å². The Balaban J connectivity index is 1.71. The molecule has 132 valence electrons. The highest BCUT2D eigenvalue weighted by molar-refractivity contribution is 5.98. The molecule has 3 rings (SSSR count). The molecular formula is C20H25N3O2. The average molecular weight is 339 g/mol. The highest BCUT2D eigenvalue weighted by atomic mass is 16.5. The molecule has 0 amide bonds. The third-order valence-electron chi connectivity index (χ3n) is 4.76. The first-order chi connectivity index (χ1) is 12.2. The monoisotopic (exact) mass is 339 g/mol. The van der Waals surface area contributed by atoms with Gasteiger partial charge in [-0.3, -0.25) is 0 Å². The number of hydrogen-bond acceptors (Lipinski definition) is 4. The van der Waals surface area contributed by atoms with Gasteiger partial charge in [0.25, 0.3) is 0 Å². The van der Waals surface area contributed by atoms with Crippen molar-refractivity contribution in [1.82, 2.24) is 9.88 Å². The summed E-state index contributed by atoms with van der Waals surface area (Å²) in [6, 6.07) is 11.9. The predicted octanol–water partition coefficient (Wildman–Crippen LogP) is 4.58. The molecule has 0 radical (unpaired) electrons. The Morgan fingerprint density at radius 3 is 2.64 bits per heavy atom. The Morgan fingerprint density at radius 1 is 1.20 bits per heavy atom. The SMILES string of the molecule is Cc1cccc(Oc2ccc(/C(=N/O)N(C)C3CCCCC3)cn2)c1. The third-order valence-corrected chi connectivity index (χ3v) is 4.76. The Labute approximate surface area is 149 Å². The van der Waals surface area contributed by atoms with Crippen molar-refractivity contribution in [2.45, 2.75) is 45.1 Å². The van der Waals surface area contributed by atoms with E-state index < -0.39 is 0 Å². The predicted molar refractivity (Wildman–Crippen MR) is 98.4 cm³/mol. The lowest BCUT2D eigenvalue weighted by Gasteiger charge is -2.32. The topological polar surface area (TPSA) is 58.0 Å². The minimum atomic E-state index is 0.419. The van der Waals surface area contributed by atoms with Crippen LogP contribution in [-0.2, 0) is 0 Å². The van der Waals surface area contributed by atoms with E-state index in [9.17, 15) is 5.21 Å². The first-order valence-corrected chi connectivity index (χ1v) is 8.83. The van der Waals surface area contributed by atoms with Gasteiger partial charge in [-0.15, -0.1) is 0 Å². The highest BCUT2D eigenvalue weighted by Gasteiger charge is 2.22. The van der Waals surface area contributed by atoms with Gasteiger partial charge in [0.05, 0.1) is 0 Å². The maximum absolute atomic E-state index is 9.50. The van der Waals surface area contributed by atoms with Crippen LogP contribution in [-0.4, -0.2) is 34.0 Å². The van der Waals surface area contributed by atoms with E-state index in [0.717, 1.165) is 29.7 Å². The number of nitrogens with zero attached hydrogens (tertiary/aromatic N) is 3. The van der Waals surface area contributed by atoms with E-state index in [-0.39, 0.29) is 0 Å². The Kier molecular flexibility index (Phi) is 5.53. The lowest BCUT2D eigenvalue weighted by atomic mass is 9.94. The van der Waals surface area contributed by atoms with Crippen molar-refractivity contribution in [1.29, 1.82) is 0 Å². The van der Waals surface area contributed by atoms with Crippen LogP contribution < -0.4 is 4.74 Å². The first kappa shape index (κ1) is 17.3. The third kappa shape index (κ3) is 4.29. The summed E-state index contributed by atoms with van der Waals surface area (Å²) in [5.74, 6) is 1.84. The summed E-state index contributed by atoms with van der Waals surface area (Å²) in [7, 11) is 1.99. The lowest BCUT2D eigenvalue weighted by Crippen LogP contribution is -2.38. The number of pyridine rings is 1. The molecule has 0 saturated heterocycles. The van der Waals surface area contributed by atoms with E-state index >= 15 is 0 Å². The molecule has 1 saturated carbocycles. The van der Waals surface area contributed by atoms with E-state index in [1.807, 2.05) is 44.3 Å². The molecule has 0 spiro atoms. The van der Waals surface area contributed by atoms with Crippen LogP contribution in [0.5, 0.6) is 11.6 Å². The number of benzene rings is 1. The molecule has 5 heteroatoms. The second-order valence-electron chi connectivity index (χ2n) is 6.63. The second-order valence-corrected chi connectivity index (χ2v) is 6.63. The van der Waals surface area contributed by atoms with Crippen molar-refractivity contribution in [3.05, 3.63) is 53.7 Å². The van der Waals surface area contributed by atoms with E-state index in [1.165, 1.54) is 19.3 Å². The molecule has 0 unspecified atom stereocenters. The van der Waals surface area contributed by atoms with Gasteiger partial charge in [0, 0.05) is 30.9 Å². The van der Waals surface area contributed by atoms with Gasteiger partial charge in [0.2, 0.25) is 5.88 Å². The molecule has 25 heavy (non-hydrogen) atoms. The molecule has 1 aliphatic carbocycles. The Hall–Kier alpha value is -2.56. The Bertz CT molecular complexity index is 722. The fraction of sp³-hybridized carbons (Fsp3) is 0.400. The van der Waals surface area contributed by atoms with Crippen LogP contribution in [0.1, 0.15) is 43.2 Å². The molecule has 1 aliphatic rings. The van der Waals surface area contributed by atoms with Crippen LogP contribution in [0.2, 0.25) is 0 Å². The molecule has 1 fully saturated rings. The van der Waals surface area contributed by atoms with Crippen molar-refractivity contribution in [2.75, 3.05) is 7.05 Å². The van der Waals surface area contributed by atoms with Crippen LogP contribution in [0.15, 0.2) is 47.8 Å². The van der Waals surface area contributed by atoms with E-state index in [0.29, 0.717) is 17.8 Å². The largest absolute Gasteiger partial charge is 0.439 e. The van der Waals surface area contributed by atoms with Crippen LogP contribution >= 0.6 is 0 Å². The summed E-state index contributed by atoms with van der Waals surface area (Å²) in [4.78, 5) is 6.43. The summed E-state index contributed by atoms with van der Waals surface area (Å²) in [6.07, 6.45) is 7.72. The smallest absolute Gasteiger partial charge is 0.219 e. The second kappa shape index (κ2) is 8.01. The molecule has 5 nitrogen and oxygen atoms in total. The zero-order valence-electron chi connectivity index (χ0n) is 14.9. The van der Waals surface area contributed by atoms with Crippen molar-refractivity contribution in [3.8, 4) is 11.6 Å². The molecule has 1 aromatic carbocycles. The van der Waals surface area contributed by atoms with Gasteiger partial charge in [-0.2, -0.15) is 0 Å². The maximum Gasteiger partial charge on any atom is 0.219 e. The highest BCUT2D eigenvalue weighted by Crippen LogP contribution is 2.24. The number of amidine groups is 1. The maximum atomic E-state index is 9.50. The summed E-state index contributed by atoms with van der Waals surface area (Å²) in [5, 5.41) is 13.0. The fourth-order valence-electron chi connectivity index (χ4n) is 3.35. The number of hydrogen-bond donors (Lipinski definition) is 1. The molecule has 1 N–H and O–H groups in total. The van der Waals surface area contributed by atoms with Crippen molar-refractivity contribution < 1.29 is 9.94 Å². The van der Waals surface area contributed by atoms with Crippen LogP contribution in [0, 0.1) is 6.92 Å². The molecule has 2 aromatic rings. The molecule has 0 bridgehead atoms. The summed E-state index contributed by atoms with van der Waals surface area (Å²) < 4.78 is 5.78. The van der Waals surface area contributed by atoms with Gasteiger partial charge < -0.3 is 14.8 Å². The van der Waals surface area contributed by atoms with Gasteiger partial charge in [-0.05, 0) is 43.5 Å². The van der Waals surface area contributed by atoms with E-state index in [1.54, 1.807) is 12.3 Å².